The van der Waals surface area contributed by atoms with E-state index in [1.807, 2.05) is 0 Å². The first-order valence-electron chi connectivity index (χ1n) is 5.83. The Hall–Kier alpha value is -2.11. The molecule has 0 spiro atoms. The van der Waals surface area contributed by atoms with Gasteiger partial charge < -0.3 is 9.47 Å². The van der Waals surface area contributed by atoms with Crippen molar-refractivity contribution in [2.24, 2.45) is 5.92 Å². The quantitative estimate of drug-likeness (QED) is 0.446. The fraction of sp³-hybridized carbons (Fsp3) is 0.462. The van der Waals surface area contributed by atoms with Crippen LogP contribution in [0.2, 0.25) is 0 Å². The van der Waals surface area contributed by atoms with Crippen LogP contribution in [0.25, 0.3) is 0 Å². The highest BCUT2D eigenvalue weighted by molar-refractivity contribution is 5.73. The average Bonchev–Trinajstić information content (AvgIpc) is 2.42. The summed E-state index contributed by atoms with van der Waals surface area (Å²) in [4.78, 5) is 22.0. The van der Waals surface area contributed by atoms with E-state index < -0.39 is 22.7 Å². The van der Waals surface area contributed by atoms with Crippen molar-refractivity contribution in [1.29, 1.82) is 0 Å². The SMILES string of the molecule is COC(=O)C(C)[C@H](C[N+](=O)[O-])c1ccccc1OC. The first kappa shape index (κ1) is 14.9. The van der Waals surface area contributed by atoms with Gasteiger partial charge in [-0.05, 0) is 6.07 Å². The van der Waals surface area contributed by atoms with Gasteiger partial charge in [0.25, 0.3) is 0 Å². The number of ether oxygens (including phenoxy) is 2. The third kappa shape index (κ3) is 3.67. The minimum atomic E-state index is -0.619. The van der Waals surface area contributed by atoms with Crippen molar-refractivity contribution in [3.05, 3.63) is 39.9 Å². The Balaban J connectivity index is 3.15. The Labute approximate surface area is 111 Å². The second-order valence-corrected chi connectivity index (χ2v) is 4.18. The molecular formula is C13H17NO5. The van der Waals surface area contributed by atoms with Gasteiger partial charge in [-0.25, -0.2) is 0 Å². The standard InChI is InChI=1S/C13H17NO5/c1-9(13(15)19-3)11(8-14(16)17)10-6-4-5-7-12(10)18-2/h4-7,9,11H,8H2,1-3H3/t9?,11-/m0/s1. The lowest BCUT2D eigenvalue weighted by molar-refractivity contribution is -0.484. The van der Waals surface area contributed by atoms with E-state index in [1.54, 1.807) is 31.2 Å². The number of nitro groups is 1. The molecule has 0 fully saturated rings. The lowest BCUT2D eigenvalue weighted by Gasteiger charge is -2.20. The van der Waals surface area contributed by atoms with Crippen molar-refractivity contribution in [3.63, 3.8) is 0 Å². The summed E-state index contributed by atoms with van der Waals surface area (Å²) in [6, 6.07) is 6.97. The summed E-state index contributed by atoms with van der Waals surface area (Å²) in [5.41, 5.74) is 0.639. The van der Waals surface area contributed by atoms with Crippen LogP contribution < -0.4 is 4.74 Å². The van der Waals surface area contributed by atoms with Gasteiger partial charge in [0.2, 0.25) is 6.54 Å². The molecule has 2 atom stereocenters. The zero-order chi connectivity index (χ0) is 14.4. The van der Waals surface area contributed by atoms with E-state index in [0.29, 0.717) is 11.3 Å². The summed E-state index contributed by atoms with van der Waals surface area (Å²) in [5, 5.41) is 10.8. The molecule has 0 aliphatic heterocycles. The molecule has 0 heterocycles. The Morgan fingerprint density at radius 2 is 2.00 bits per heavy atom. The van der Waals surface area contributed by atoms with Crippen molar-refractivity contribution >= 4 is 5.97 Å². The number of carbonyl (C=O) groups is 1. The monoisotopic (exact) mass is 267 g/mol. The average molecular weight is 267 g/mol. The van der Waals surface area contributed by atoms with E-state index in [2.05, 4.69) is 4.74 Å². The summed E-state index contributed by atoms with van der Waals surface area (Å²) in [5.74, 6) is -1.15. The Morgan fingerprint density at radius 1 is 1.37 bits per heavy atom. The molecule has 1 unspecified atom stereocenters. The van der Waals surface area contributed by atoms with Crippen LogP contribution in [0.15, 0.2) is 24.3 Å². The molecule has 0 amide bonds. The minimum Gasteiger partial charge on any atom is -0.496 e. The van der Waals surface area contributed by atoms with Crippen LogP contribution in [0, 0.1) is 16.0 Å². The molecule has 0 saturated carbocycles. The fourth-order valence-electron chi connectivity index (χ4n) is 2.01. The number of methoxy groups -OCH3 is 2. The summed E-state index contributed by atoms with van der Waals surface area (Å²) in [6.07, 6.45) is 0. The predicted octanol–water partition coefficient (Wildman–Crippen LogP) is 1.86. The first-order valence-corrected chi connectivity index (χ1v) is 5.83. The largest absolute Gasteiger partial charge is 0.496 e. The first-order chi connectivity index (χ1) is 9.01. The van der Waals surface area contributed by atoms with E-state index in [1.165, 1.54) is 14.2 Å². The molecule has 104 valence electrons. The molecule has 0 aliphatic rings. The topological polar surface area (TPSA) is 78.7 Å². The zero-order valence-electron chi connectivity index (χ0n) is 11.2. The normalized spacial score (nSPS) is 13.4. The third-order valence-corrected chi connectivity index (χ3v) is 3.06. The van der Waals surface area contributed by atoms with Crippen LogP contribution in [0.5, 0.6) is 5.75 Å². The van der Waals surface area contributed by atoms with Crippen molar-refractivity contribution in [2.75, 3.05) is 20.8 Å². The molecule has 6 nitrogen and oxygen atoms in total. The zero-order valence-corrected chi connectivity index (χ0v) is 11.2. The number of rotatable bonds is 6. The second kappa shape index (κ2) is 6.72. The summed E-state index contributed by atoms with van der Waals surface area (Å²) in [6.45, 7) is 1.27. The number of hydrogen-bond acceptors (Lipinski definition) is 5. The summed E-state index contributed by atoms with van der Waals surface area (Å²) >= 11 is 0. The van der Waals surface area contributed by atoms with E-state index in [-0.39, 0.29) is 6.54 Å². The highest BCUT2D eigenvalue weighted by atomic mass is 16.6. The Morgan fingerprint density at radius 3 is 2.53 bits per heavy atom. The highest BCUT2D eigenvalue weighted by Gasteiger charge is 2.32. The summed E-state index contributed by atoms with van der Waals surface area (Å²) in [7, 11) is 2.76. The maximum Gasteiger partial charge on any atom is 0.309 e. The molecule has 0 N–H and O–H groups in total. The molecule has 0 radical (unpaired) electrons. The van der Waals surface area contributed by atoms with Gasteiger partial charge in [0, 0.05) is 10.5 Å². The molecule has 19 heavy (non-hydrogen) atoms. The molecular weight excluding hydrogens is 250 g/mol. The van der Waals surface area contributed by atoms with Crippen molar-refractivity contribution in [2.45, 2.75) is 12.8 Å². The lowest BCUT2D eigenvalue weighted by atomic mass is 9.86. The van der Waals surface area contributed by atoms with Crippen LogP contribution in [0.3, 0.4) is 0 Å². The number of esters is 1. The van der Waals surface area contributed by atoms with E-state index in [9.17, 15) is 14.9 Å². The molecule has 0 bridgehead atoms. The fourth-order valence-corrected chi connectivity index (χ4v) is 2.01. The number of nitrogens with zero attached hydrogens (tertiary/aromatic N) is 1. The highest BCUT2D eigenvalue weighted by Crippen LogP contribution is 2.32. The maximum atomic E-state index is 11.6. The molecule has 1 aromatic rings. The van der Waals surface area contributed by atoms with Gasteiger partial charge in [-0.2, -0.15) is 0 Å². The molecule has 1 rings (SSSR count). The van der Waals surface area contributed by atoms with Crippen LogP contribution >= 0.6 is 0 Å². The van der Waals surface area contributed by atoms with Crippen LogP contribution in [0.1, 0.15) is 18.4 Å². The molecule has 0 saturated heterocycles. The van der Waals surface area contributed by atoms with Crippen molar-refractivity contribution in [1.82, 2.24) is 0 Å². The van der Waals surface area contributed by atoms with Crippen molar-refractivity contribution < 1.29 is 19.2 Å². The van der Waals surface area contributed by atoms with Gasteiger partial charge in [0.15, 0.2) is 0 Å². The number of para-hydroxylation sites is 1. The van der Waals surface area contributed by atoms with Gasteiger partial charge in [0.1, 0.15) is 5.75 Å². The van der Waals surface area contributed by atoms with Gasteiger partial charge in [-0.3, -0.25) is 14.9 Å². The van der Waals surface area contributed by atoms with Gasteiger partial charge in [-0.1, -0.05) is 25.1 Å². The minimum absolute atomic E-state index is 0.351. The molecule has 6 heteroatoms. The van der Waals surface area contributed by atoms with E-state index in [0.717, 1.165) is 0 Å². The summed E-state index contributed by atoms with van der Waals surface area (Å²) < 4.78 is 9.86. The van der Waals surface area contributed by atoms with E-state index in [4.69, 9.17) is 4.74 Å². The van der Waals surface area contributed by atoms with E-state index >= 15 is 0 Å². The second-order valence-electron chi connectivity index (χ2n) is 4.18. The number of benzene rings is 1. The Bertz CT molecular complexity index is 460. The van der Waals surface area contributed by atoms with Crippen molar-refractivity contribution in [3.8, 4) is 5.75 Å². The molecule has 1 aromatic carbocycles. The maximum absolute atomic E-state index is 11.6. The van der Waals surface area contributed by atoms with Gasteiger partial charge in [-0.15, -0.1) is 0 Å². The smallest absolute Gasteiger partial charge is 0.309 e. The Kier molecular flexibility index (Phi) is 5.29. The number of carbonyl (C=O) groups excluding carboxylic acids is 1. The van der Waals surface area contributed by atoms with Gasteiger partial charge in [0.05, 0.1) is 26.1 Å². The van der Waals surface area contributed by atoms with Crippen LogP contribution in [0.4, 0.5) is 0 Å². The lowest BCUT2D eigenvalue weighted by Crippen LogP contribution is -2.26. The molecule has 0 aromatic heterocycles. The predicted molar refractivity (Wildman–Crippen MR) is 68.8 cm³/mol. The third-order valence-electron chi connectivity index (χ3n) is 3.06. The number of hydrogen-bond donors (Lipinski definition) is 0. The van der Waals surface area contributed by atoms with Gasteiger partial charge >= 0.3 is 5.97 Å². The van der Waals surface area contributed by atoms with Crippen LogP contribution in [-0.4, -0.2) is 31.7 Å². The molecule has 0 aliphatic carbocycles. The van der Waals surface area contributed by atoms with Crippen LogP contribution in [-0.2, 0) is 9.53 Å².